The fourth-order valence-electron chi connectivity index (χ4n) is 5.02. The molecule has 2 saturated carbocycles. The van der Waals surface area contributed by atoms with Crippen molar-refractivity contribution in [3.05, 3.63) is 0 Å². The normalized spacial score (nSPS) is 40.8. The van der Waals surface area contributed by atoms with Crippen LogP contribution in [0.4, 0.5) is 0 Å². The molecule has 0 aromatic rings. The lowest BCUT2D eigenvalue weighted by molar-refractivity contribution is -0.140. The van der Waals surface area contributed by atoms with Gasteiger partial charge in [0.1, 0.15) is 12.1 Å². The fourth-order valence-corrected chi connectivity index (χ4v) is 5.02. The van der Waals surface area contributed by atoms with Crippen molar-refractivity contribution in [1.82, 2.24) is 10.6 Å². The van der Waals surface area contributed by atoms with Gasteiger partial charge < -0.3 is 20.8 Å². The summed E-state index contributed by atoms with van der Waals surface area (Å²) in [5, 5.41) is 24.0. The summed E-state index contributed by atoms with van der Waals surface area (Å²) in [5.74, 6) is -0.0755. The molecule has 4 fully saturated rings. The summed E-state index contributed by atoms with van der Waals surface area (Å²) in [6.45, 7) is 0. The Morgan fingerprint density at radius 2 is 1.04 bits per heavy atom. The van der Waals surface area contributed by atoms with Gasteiger partial charge in [-0.3, -0.25) is 9.59 Å². The Labute approximate surface area is 143 Å². The van der Waals surface area contributed by atoms with Crippen molar-refractivity contribution in [2.45, 2.75) is 88.4 Å². The molecule has 6 atom stereocenters. The van der Waals surface area contributed by atoms with Gasteiger partial charge in [-0.05, 0) is 50.4 Å². The standard InChI is InChI=1S/2C9H15NO2/c2*11-9(12)8-5-6-3-1-2-4-7(6)10-8/h2*6-8,10H,1-5H2,(H,11,12). The first kappa shape index (κ1) is 17.7. The molecule has 2 aliphatic heterocycles. The molecule has 6 nitrogen and oxygen atoms in total. The summed E-state index contributed by atoms with van der Waals surface area (Å²) < 4.78 is 0. The van der Waals surface area contributed by atoms with E-state index in [-0.39, 0.29) is 12.1 Å². The zero-order valence-corrected chi connectivity index (χ0v) is 14.2. The third-order valence-corrected chi connectivity index (χ3v) is 6.32. The zero-order chi connectivity index (χ0) is 17.1. The van der Waals surface area contributed by atoms with Crippen LogP contribution in [-0.2, 0) is 9.59 Å². The summed E-state index contributed by atoms with van der Waals surface area (Å²) in [6, 6.07) is 0.468. The highest BCUT2D eigenvalue weighted by Crippen LogP contribution is 2.33. The van der Waals surface area contributed by atoms with Crippen LogP contribution < -0.4 is 10.6 Å². The largest absolute Gasteiger partial charge is 0.480 e. The third kappa shape index (κ3) is 4.09. The second-order valence-electron chi connectivity index (χ2n) is 7.89. The van der Waals surface area contributed by atoms with Gasteiger partial charge in [0.25, 0.3) is 0 Å². The molecular formula is C18H30N2O4. The molecular weight excluding hydrogens is 308 g/mol. The van der Waals surface area contributed by atoms with Crippen molar-refractivity contribution in [2.75, 3.05) is 0 Å². The summed E-state index contributed by atoms with van der Waals surface area (Å²) in [5.41, 5.74) is 0. The summed E-state index contributed by atoms with van der Waals surface area (Å²) >= 11 is 0. The molecule has 2 saturated heterocycles. The van der Waals surface area contributed by atoms with Crippen LogP contribution in [0.5, 0.6) is 0 Å². The van der Waals surface area contributed by atoms with Crippen LogP contribution >= 0.6 is 0 Å². The van der Waals surface area contributed by atoms with Crippen LogP contribution in [0.2, 0.25) is 0 Å². The number of carboxylic acids is 2. The van der Waals surface area contributed by atoms with Crippen LogP contribution in [0, 0.1) is 11.8 Å². The molecule has 6 heteroatoms. The van der Waals surface area contributed by atoms with Crippen LogP contribution in [0.15, 0.2) is 0 Å². The van der Waals surface area contributed by atoms with E-state index in [2.05, 4.69) is 10.6 Å². The molecule has 0 amide bonds. The lowest BCUT2D eigenvalue weighted by Gasteiger charge is -2.24. The summed E-state index contributed by atoms with van der Waals surface area (Å²) in [7, 11) is 0. The van der Waals surface area contributed by atoms with Gasteiger partial charge in [-0.15, -0.1) is 0 Å². The summed E-state index contributed by atoms with van der Waals surface area (Å²) in [4.78, 5) is 21.4. The molecule has 136 valence electrons. The molecule has 4 rings (SSSR count). The minimum atomic E-state index is -0.676. The van der Waals surface area contributed by atoms with Gasteiger partial charge in [0.05, 0.1) is 0 Å². The molecule has 0 bridgehead atoms. The van der Waals surface area contributed by atoms with Gasteiger partial charge in [-0.1, -0.05) is 25.7 Å². The first-order valence-electron chi connectivity index (χ1n) is 9.52. The Morgan fingerprint density at radius 1 is 0.667 bits per heavy atom. The number of hydrogen-bond donors (Lipinski definition) is 4. The first-order valence-corrected chi connectivity index (χ1v) is 9.52. The highest BCUT2D eigenvalue weighted by atomic mass is 16.4. The average Bonchev–Trinajstić information content (AvgIpc) is 3.19. The van der Waals surface area contributed by atoms with E-state index in [9.17, 15) is 9.59 Å². The van der Waals surface area contributed by atoms with Gasteiger partial charge >= 0.3 is 11.9 Å². The maximum absolute atomic E-state index is 10.7. The minimum Gasteiger partial charge on any atom is -0.480 e. The molecule has 0 spiro atoms. The number of carboxylic acid groups (broad SMARTS) is 2. The Bertz CT molecular complexity index is 400. The lowest BCUT2D eigenvalue weighted by Crippen LogP contribution is -2.36. The zero-order valence-electron chi connectivity index (χ0n) is 14.2. The molecule has 0 aromatic carbocycles. The average molecular weight is 338 g/mol. The maximum atomic E-state index is 10.7. The van der Waals surface area contributed by atoms with Crippen molar-refractivity contribution in [1.29, 1.82) is 0 Å². The van der Waals surface area contributed by atoms with Crippen molar-refractivity contribution < 1.29 is 19.8 Å². The number of nitrogens with one attached hydrogen (secondary N) is 2. The number of aliphatic carboxylic acids is 2. The van der Waals surface area contributed by atoms with Crippen LogP contribution in [0.25, 0.3) is 0 Å². The topological polar surface area (TPSA) is 98.7 Å². The second kappa shape index (κ2) is 7.83. The van der Waals surface area contributed by atoms with Gasteiger partial charge in [0, 0.05) is 12.1 Å². The Balaban J connectivity index is 0.000000141. The summed E-state index contributed by atoms with van der Waals surface area (Å²) in [6.07, 6.45) is 11.6. The third-order valence-electron chi connectivity index (χ3n) is 6.32. The van der Waals surface area contributed by atoms with Crippen molar-refractivity contribution in [3.63, 3.8) is 0 Å². The highest BCUT2D eigenvalue weighted by molar-refractivity contribution is 5.74. The van der Waals surface area contributed by atoms with E-state index in [4.69, 9.17) is 10.2 Å². The SMILES string of the molecule is O=C(O)C1CC2CCCCC2N1.O=C(O)C1CC2CCCCC2N1. The Kier molecular flexibility index (Phi) is 5.76. The van der Waals surface area contributed by atoms with E-state index < -0.39 is 11.9 Å². The molecule has 6 unspecified atom stereocenters. The van der Waals surface area contributed by atoms with Gasteiger partial charge in [0.2, 0.25) is 0 Å². The monoisotopic (exact) mass is 338 g/mol. The number of hydrogen-bond acceptors (Lipinski definition) is 4. The predicted molar refractivity (Wildman–Crippen MR) is 89.8 cm³/mol. The maximum Gasteiger partial charge on any atom is 0.320 e. The van der Waals surface area contributed by atoms with Crippen LogP contribution in [-0.4, -0.2) is 46.3 Å². The van der Waals surface area contributed by atoms with Crippen molar-refractivity contribution in [2.24, 2.45) is 11.8 Å². The van der Waals surface area contributed by atoms with Crippen LogP contribution in [0.3, 0.4) is 0 Å². The van der Waals surface area contributed by atoms with E-state index in [1.165, 1.54) is 51.4 Å². The predicted octanol–water partition coefficient (Wildman–Crippen LogP) is 1.98. The molecule has 24 heavy (non-hydrogen) atoms. The quantitative estimate of drug-likeness (QED) is 0.614. The number of rotatable bonds is 2. The van der Waals surface area contributed by atoms with Gasteiger partial charge in [-0.25, -0.2) is 0 Å². The van der Waals surface area contributed by atoms with E-state index in [0.717, 1.165) is 12.8 Å². The lowest BCUT2D eigenvalue weighted by atomic mass is 9.85. The van der Waals surface area contributed by atoms with E-state index in [1.807, 2.05) is 0 Å². The molecule has 4 N–H and O–H groups in total. The van der Waals surface area contributed by atoms with Gasteiger partial charge in [0.15, 0.2) is 0 Å². The molecule has 0 aromatic heterocycles. The molecule has 4 aliphatic rings. The highest BCUT2D eigenvalue weighted by Gasteiger charge is 2.38. The molecule has 2 heterocycles. The first-order chi connectivity index (χ1) is 11.5. The fraction of sp³-hybridized carbons (Fsp3) is 0.889. The second-order valence-corrected chi connectivity index (χ2v) is 7.89. The molecule has 2 aliphatic carbocycles. The van der Waals surface area contributed by atoms with Crippen molar-refractivity contribution >= 4 is 11.9 Å². The molecule has 0 radical (unpaired) electrons. The van der Waals surface area contributed by atoms with Crippen LogP contribution in [0.1, 0.15) is 64.2 Å². The van der Waals surface area contributed by atoms with Crippen molar-refractivity contribution in [3.8, 4) is 0 Å². The van der Waals surface area contributed by atoms with Gasteiger partial charge in [-0.2, -0.15) is 0 Å². The minimum absolute atomic E-state index is 0.266. The van der Waals surface area contributed by atoms with E-state index >= 15 is 0 Å². The Morgan fingerprint density at radius 3 is 1.38 bits per heavy atom. The van der Waals surface area contributed by atoms with E-state index in [1.54, 1.807) is 0 Å². The number of carbonyl (C=O) groups is 2. The smallest absolute Gasteiger partial charge is 0.320 e. The number of fused-ring (bicyclic) bond motifs is 2. The Hall–Kier alpha value is -1.14. The van der Waals surface area contributed by atoms with E-state index in [0.29, 0.717) is 23.9 Å².